The van der Waals surface area contributed by atoms with Crippen LogP contribution in [0.3, 0.4) is 0 Å². The molecule has 0 fully saturated rings. The van der Waals surface area contributed by atoms with E-state index in [9.17, 15) is 4.79 Å². The van der Waals surface area contributed by atoms with Crippen LogP contribution in [0.15, 0.2) is 60.9 Å². The van der Waals surface area contributed by atoms with Crippen LogP contribution in [0.4, 0.5) is 0 Å². The van der Waals surface area contributed by atoms with E-state index in [1.54, 1.807) is 6.92 Å². The van der Waals surface area contributed by atoms with Crippen LogP contribution in [-0.4, -0.2) is 21.0 Å². The smallest absolute Gasteiger partial charge is 0.310 e. The molecular formula is C26H30N2O2. The number of rotatable bonds is 10. The Hall–Kier alpha value is -3.01. The van der Waals surface area contributed by atoms with Crippen LogP contribution in [0.25, 0.3) is 22.5 Å². The van der Waals surface area contributed by atoms with Crippen LogP contribution in [-0.2, 0) is 11.2 Å². The molecule has 30 heavy (non-hydrogen) atoms. The van der Waals surface area contributed by atoms with Crippen molar-refractivity contribution in [1.82, 2.24) is 9.97 Å². The fraction of sp³-hybridized carbons (Fsp3) is 0.346. The summed E-state index contributed by atoms with van der Waals surface area (Å²) in [4.78, 5) is 20.2. The molecule has 0 radical (unpaired) electrons. The lowest BCUT2D eigenvalue weighted by atomic mass is 9.98. The highest BCUT2D eigenvalue weighted by atomic mass is 16.4. The van der Waals surface area contributed by atoms with Crippen molar-refractivity contribution in [3.05, 3.63) is 72.1 Å². The van der Waals surface area contributed by atoms with Crippen molar-refractivity contribution in [3.8, 4) is 22.5 Å². The maximum absolute atomic E-state index is 11.1. The van der Waals surface area contributed by atoms with Crippen LogP contribution in [0, 0.1) is 0 Å². The van der Waals surface area contributed by atoms with Gasteiger partial charge in [-0.05, 0) is 36.5 Å². The van der Waals surface area contributed by atoms with E-state index in [0.29, 0.717) is 5.82 Å². The molecule has 0 aliphatic carbocycles. The SMILES string of the molecule is CCCCCCCc1ccc(-c2ncc(-c3ccc(C(C)C(=O)O)cc3)cn2)cc1. The first-order valence-corrected chi connectivity index (χ1v) is 10.8. The number of nitrogens with zero attached hydrogens (tertiary/aromatic N) is 2. The Bertz CT molecular complexity index is 932. The largest absolute Gasteiger partial charge is 0.481 e. The Balaban J connectivity index is 1.62. The number of benzene rings is 2. The molecule has 1 aromatic heterocycles. The van der Waals surface area contributed by atoms with E-state index < -0.39 is 11.9 Å². The molecule has 0 saturated carbocycles. The number of aromatic nitrogens is 2. The summed E-state index contributed by atoms with van der Waals surface area (Å²) in [6.07, 6.45) is 11.3. The minimum Gasteiger partial charge on any atom is -0.481 e. The first-order chi connectivity index (χ1) is 14.6. The maximum Gasteiger partial charge on any atom is 0.310 e. The van der Waals surface area contributed by atoms with Gasteiger partial charge in [0, 0.05) is 23.5 Å². The van der Waals surface area contributed by atoms with Crippen molar-refractivity contribution in [3.63, 3.8) is 0 Å². The molecule has 3 rings (SSSR count). The van der Waals surface area contributed by atoms with Gasteiger partial charge in [-0.15, -0.1) is 0 Å². The van der Waals surface area contributed by atoms with Crippen molar-refractivity contribution < 1.29 is 9.90 Å². The summed E-state index contributed by atoms with van der Waals surface area (Å²) in [5.41, 5.74) is 5.05. The summed E-state index contributed by atoms with van der Waals surface area (Å²) >= 11 is 0. The molecule has 0 aliphatic rings. The summed E-state index contributed by atoms with van der Waals surface area (Å²) in [5, 5.41) is 9.13. The summed E-state index contributed by atoms with van der Waals surface area (Å²) < 4.78 is 0. The van der Waals surface area contributed by atoms with Gasteiger partial charge in [0.1, 0.15) is 0 Å². The lowest BCUT2D eigenvalue weighted by Crippen LogP contribution is -2.06. The van der Waals surface area contributed by atoms with Crippen molar-refractivity contribution in [2.45, 2.75) is 58.3 Å². The topological polar surface area (TPSA) is 63.1 Å². The second-order valence-electron chi connectivity index (χ2n) is 7.84. The average Bonchev–Trinajstić information content (AvgIpc) is 2.79. The zero-order valence-corrected chi connectivity index (χ0v) is 17.8. The lowest BCUT2D eigenvalue weighted by molar-refractivity contribution is -0.138. The first-order valence-electron chi connectivity index (χ1n) is 10.8. The van der Waals surface area contributed by atoms with E-state index in [1.165, 1.54) is 37.7 Å². The number of carboxylic acids is 1. The highest BCUT2D eigenvalue weighted by molar-refractivity contribution is 5.76. The molecule has 1 atom stereocenters. The van der Waals surface area contributed by atoms with Gasteiger partial charge < -0.3 is 5.11 Å². The second-order valence-corrected chi connectivity index (χ2v) is 7.84. The van der Waals surface area contributed by atoms with Crippen LogP contribution < -0.4 is 0 Å². The van der Waals surface area contributed by atoms with Gasteiger partial charge in [0.25, 0.3) is 0 Å². The first kappa shape index (κ1) is 21.7. The molecule has 1 unspecified atom stereocenters. The van der Waals surface area contributed by atoms with Crippen LogP contribution in [0.2, 0.25) is 0 Å². The third kappa shape index (κ3) is 5.76. The molecule has 4 nitrogen and oxygen atoms in total. The number of hydrogen-bond acceptors (Lipinski definition) is 3. The average molecular weight is 403 g/mol. The normalized spacial score (nSPS) is 11.9. The van der Waals surface area contributed by atoms with Gasteiger partial charge in [0.15, 0.2) is 5.82 Å². The summed E-state index contributed by atoms with van der Waals surface area (Å²) in [6, 6.07) is 16.1. The fourth-order valence-electron chi connectivity index (χ4n) is 3.49. The van der Waals surface area contributed by atoms with Gasteiger partial charge in [-0.1, -0.05) is 81.1 Å². The second kappa shape index (κ2) is 10.7. The van der Waals surface area contributed by atoms with E-state index in [-0.39, 0.29) is 0 Å². The monoisotopic (exact) mass is 402 g/mol. The minimum absolute atomic E-state index is 0.517. The van der Waals surface area contributed by atoms with Crippen LogP contribution in [0.1, 0.15) is 63.0 Å². The molecule has 1 N–H and O–H groups in total. The summed E-state index contributed by atoms with van der Waals surface area (Å²) in [7, 11) is 0. The van der Waals surface area contributed by atoms with Crippen molar-refractivity contribution in [1.29, 1.82) is 0 Å². The Labute approximate surface area is 179 Å². The van der Waals surface area contributed by atoms with E-state index in [4.69, 9.17) is 5.11 Å². The van der Waals surface area contributed by atoms with Crippen LogP contribution in [0.5, 0.6) is 0 Å². The Morgan fingerprint density at radius 1 is 0.833 bits per heavy atom. The Morgan fingerprint density at radius 3 is 2.03 bits per heavy atom. The quantitative estimate of drug-likeness (QED) is 0.393. The molecule has 4 heteroatoms. The third-order valence-electron chi connectivity index (χ3n) is 5.55. The van der Waals surface area contributed by atoms with E-state index in [2.05, 4.69) is 41.2 Å². The molecule has 1 heterocycles. The van der Waals surface area contributed by atoms with Crippen molar-refractivity contribution >= 4 is 5.97 Å². The number of unbranched alkanes of at least 4 members (excludes halogenated alkanes) is 4. The standard InChI is InChI=1S/C26H30N2O2/c1-3-4-5-6-7-8-20-9-11-23(12-10-20)25-27-17-24(18-28-25)22-15-13-21(14-16-22)19(2)26(29)30/h9-19H,3-8H2,1-2H3,(H,29,30). The van der Waals surface area contributed by atoms with E-state index >= 15 is 0 Å². The molecule has 3 aromatic rings. The van der Waals surface area contributed by atoms with Crippen molar-refractivity contribution in [2.75, 3.05) is 0 Å². The molecule has 0 amide bonds. The van der Waals surface area contributed by atoms with Gasteiger partial charge in [-0.3, -0.25) is 4.79 Å². The number of carbonyl (C=O) groups is 1. The maximum atomic E-state index is 11.1. The minimum atomic E-state index is -0.821. The van der Waals surface area contributed by atoms with Gasteiger partial charge in [0.05, 0.1) is 5.92 Å². The summed E-state index contributed by atoms with van der Waals surface area (Å²) in [5.74, 6) is -0.626. The predicted molar refractivity (Wildman–Crippen MR) is 121 cm³/mol. The van der Waals surface area contributed by atoms with Gasteiger partial charge in [-0.2, -0.15) is 0 Å². The number of hydrogen-bond donors (Lipinski definition) is 1. The van der Waals surface area contributed by atoms with Gasteiger partial charge in [0.2, 0.25) is 0 Å². The Morgan fingerprint density at radius 2 is 1.43 bits per heavy atom. The number of aliphatic carboxylic acids is 1. The van der Waals surface area contributed by atoms with Crippen LogP contribution >= 0.6 is 0 Å². The predicted octanol–water partition coefficient (Wildman–Crippen LogP) is 6.51. The third-order valence-corrected chi connectivity index (χ3v) is 5.55. The molecule has 0 spiro atoms. The molecule has 2 aromatic carbocycles. The van der Waals surface area contributed by atoms with E-state index in [1.807, 2.05) is 36.7 Å². The molecule has 0 bridgehead atoms. The zero-order chi connectivity index (χ0) is 21.3. The fourth-order valence-corrected chi connectivity index (χ4v) is 3.49. The molecule has 156 valence electrons. The summed E-state index contributed by atoms with van der Waals surface area (Å²) in [6.45, 7) is 3.93. The van der Waals surface area contributed by atoms with Crippen molar-refractivity contribution in [2.24, 2.45) is 0 Å². The molecular weight excluding hydrogens is 372 g/mol. The zero-order valence-electron chi connectivity index (χ0n) is 17.8. The highest BCUT2D eigenvalue weighted by Crippen LogP contribution is 2.24. The Kier molecular flexibility index (Phi) is 7.72. The molecule has 0 saturated heterocycles. The van der Waals surface area contributed by atoms with Gasteiger partial charge in [-0.25, -0.2) is 9.97 Å². The molecule has 0 aliphatic heterocycles. The van der Waals surface area contributed by atoms with Gasteiger partial charge >= 0.3 is 5.97 Å². The van der Waals surface area contributed by atoms with E-state index in [0.717, 1.165) is 28.7 Å². The lowest BCUT2D eigenvalue weighted by Gasteiger charge is -2.08. The highest BCUT2D eigenvalue weighted by Gasteiger charge is 2.13. The number of aryl methyl sites for hydroxylation is 1. The number of carboxylic acid groups (broad SMARTS) is 1.